The van der Waals surface area contributed by atoms with E-state index in [4.69, 9.17) is 4.74 Å². The maximum atomic E-state index is 6.29. The SMILES string of the molecule is Cc1ccccc1CN1CCC2(CC1)OCCc1sccc12. The predicted octanol–water partition coefficient (Wildman–Crippen LogP) is 4.12. The Morgan fingerprint density at radius 2 is 2.00 bits per heavy atom. The van der Waals surface area contributed by atoms with Gasteiger partial charge in [0.25, 0.3) is 0 Å². The molecule has 0 amide bonds. The van der Waals surface area contributed by atoms with Crippen molar-refractivity contribution in [3.63, 3.8) is 0 Å². The summed E-state index contributed by atoms with van der Waals surface area (Å²) in [7, 11) is 0. The van der Waals surface area contributed by atoms with E-state index < -0.39 is 0 Å². The highest BCUT2D eigenvalue weighted by Crippen LogP contribution is 2.43. The number of fused-ring (bicyclic) bond motifs is 2. The Labute approximate surface area is 136 Å². The van der Waals surface area contributed by atoms with Crippen LogP contribution < -0.4 is 0 Å². The first kappa shape index (κ1) is 14.4. The van der Waals surface area contributed by atoms with Gasteiger partial charge in [0.05, 0.1) is 12.2 Å². The van der Waals surface area contributed by atoms with Crippen molar-refractivity contribution in [3.8, 4) is 0 Å². The third kappa shape index (κ3) is 2.51. The highest BCUT2D eigenvalue weighted by molar-refractivity contribution is 7.10. The molecule has 0 radical (unpaired) electrons. The second-order valence-corrected chi connectivity index (χ2v) is 7.55. The first-order valence-electron chi connectivity index (χ1n) is 8.24. The van der Waals surface area contributed by atoms with Crippen LogP contribution in [-0.2, 0) is 23.3 Å². The predicted molar refractivity (Wildman–Crippen MR) is 91.3 cm³/mol. The molecule has 3 heteroatoms. The lowest BCUT2D eigenvalue weighted by molar-refractivity contribution is -0.0980. The normalized spacial score (nSPS) is 21.0. The fourth-order valence-electron chi connectivity index (χ4n) is 3.87. The van der Waals surface area contributed by atoms with E-state index in [-0.39, 0.29) is 5.60 Å². The summed E-state index contributed by atoms with van der Waals surface area (Å²) in [6.07, 6.45) is 3.35. The number of benzene rings is 1. The largest absolute Gasteiger partial charge is 0.370 e. The van der Waals surface area contributed by atoms with Crippen LogP contribution in [0.5, 0.6) is 0 Å². The molecule has 4 rings (SSSR count). The van der Waals surface area contributed by atoms with Crippen molar-refractivity contribution in [1.82, 2.24) is 4.90 Å². The molecule has 0 saturated carbocycles. The van der Waals surface area contributed by atoms with Crippen LogP contribution in [0.3, 0.4) is 0 Å². The Kier molecular flexibility index (Phi) is 3.81. The summed E-state index contributed by atoms with van der Waals surface area (Å²) in [6.45, 7) is 6.43. The van der Waals surface area contributed by atoms with Gasteiger partial charge in [-0.2, -0.15) is 0 Å². The molecule has 1 aromatic heterocycles. The number of rotatable bonds is 2. The van der Waals surface area contributed by atoms with Crippen molar-refractivity contribution in [1.29, 1.82) is 0 Å². The van der Waals surface area contributed by atoms with Gasteiger partial charge in [-0.3, -0.25) is 4.90 Å². The van der Waals surface area contributed by atoms with E-state index in [2.05, 4.69) is 47.5 Å². The Hall–Kier alpha value is -1.16. The van der Waals surface area contributed by atoms with Gasteiger partial charge in [-0.25, -0.2) is 0 Å². The summed E-state index contributed by atoms with van der Waals surface area (Å²) in [5.74, 6) is 0. The fraction of sp³-hybridized carbons (Fsp3) is 0.474. The maximum absolute atomic E-state index is 6.29. The first-order chi connectivity index (χ1) is 10.8. The summed E-state index contributed by atoms with van der Waals surface area (Å²) in [4.78, 5) is 4.14. The Balaban J connectivity index is 1.47. The zero-order valence-electron chi connectivity index (χ0n) is 13.2. The van der Waals surface area contributed by atoms with E-state index in [0.29, 0.717) is 0 Å². The van der Waals surface area contributed by atoms with Gasteiger partial charge in [0, 0.05) is 30.9 Å². The number of likely N-dealkylation sites (tertiary alicyclic amines) is 1. The molecule has 1 aromatic carbocycles. The third-order valence-electron chi connectivity index (χ3n) is 5.26. The molecule has 0 N–H and O–H groups in total. The molecule has 1 saturated heterocycles. The average Bonchev–Trinajstić information content (AvgIpc) is 3.02. The van der Waals surface area contributed by atoms with Crippen molar-refractivity contribution in [2.24, 2.45) is 0 Å². The molecule has 1 fully saturated rings. The highest BCUT2D eigenvalue weighted by atomic mass is 32.1. The molecule has 0 atom stereocenters. The van der Waals surface area contributed by atoms with Gasteiger partial charge >= 0.3 is 0 Å². The minimum Gasteiger partial charge on any atom is -0.370 e. The zero-order chi connectivity index (χ0) is 15.0. The number of aryl methyl sites for hydroxylation is 1. The molecule has 2 aliphatic rings. The molecular weight excluding hydrogens is 290 g/mol. The number of nitrogens with zero attached hydrogens (tertiary/aromatic N) is 1. The van der Waals surface area contributed by atoms with E-state index >= 15 is 0 Å². The topological polar surface area (TPSA) is 12.5 Å². The number of thiophene rings is 1. The number of piperidine rings is 1. The molecule has 3 heterocycles. The Morgan fingerprint density at radius 1 is 1.18 bits per heavy atom. The van der Waals surface area contributed by atoms with Gasteiger partial charge < -0.3 is 4.74 Å². The van der Waals surface area contributed by atoms with E-state index in [1.54, 1.807) is 4.88 Å². The van der Waals surface area contributed by atoms with Crippen LogP contribution in [0, 0.1) is 6.92 Å². The smallest absolute Gasteiger partial charge is 0.0966 e. The standard InChI is InChI=1S/C19H23NOS/c1-15-4-2-3-5-16(15)14-20-10-8-19(9-11-20)17-7-13-22-18(17)6-12-21-19/h2-5,7,13H,6,8-12,14H2,1H3. The Bertz CT molecular complexity index is 655. The van der Waals surface area contributed by atoms with Crippen LogP contribution in [0.1, 0.15) is 34.4 Å². The average molecular weight is 313 g/mol. The third-order valence-corrected chi connectivity index (χ3v) is 6.24. The van der Waals surface area contributed by atoms with Crippen LogP contribution >= 0.6 is 11.3 Å². The molecule has 1 spiro atoms. The number of hydrogen-bond donors (Lipinski definition) is 0. The van der Waals surface area contributed by atoms with Gasteiger partial charge in [0.2, 0.25) is 0 Å². The van der Waals surface area contributed by atoms with Crippen LogP contribution in [0.4, 0.5) is 0 Å². The summed E-state index contributed by atoms with van der Waals surface area (Å²) in [5, 5.41) is 2.24. The molecule has 0 unspecified atom stereocenters. The number of ether oxygens (including phenoxy) is 1. The van der Waals surface area contributed by atoms with Gasteiger partial charge in [0.1, 0.15) is 0 Å². The molecule has 0 aliphatic carbocycles. The Morgan fingerprint density at radius 3 is 2.82 bits per heavy atom. The van der Waals surface area contributed by atoms with Crippen LogP contribution in [-0.4, -0.2) is 24.6 Å². The molecular formula is C19H23NOS. The van der Waals surface area contributed by atoms with Crippen LogP contribution in [0.25, 0.3) is 0 Å². The van der Waals surface area contributed by atoms with Gasteiger partial charge in [-0.1, -0.05) is 24.3 Å². The van der Waals surface area contributed by atoms with Gasteiger partial charge in [-0.15, -0.1) is 11.3 Å². The first-order valence-corrected chi connectivity index (χ1v) is 9.12. The summed E-state index contributed by atoms with van der Waals surface area (Å²) in [6, 6.07) is 11.0. The second-order valence-electron chi connectivity index (χ2n) is 6.55. The molecule has 2 aromatic rings. The number of hydrogen-bond acceptors (Lipinski definition) is 3. The zero-order valence-corrected chi connectivity index (χ0v) is 14.0. The molecule has 0 bridgehead atoms. The van der Waals surface area contributed by atoms with Gasteiger partial charge in [-0.05, 0) is 47.9 Å². The second kappa shape index (κ2) is 5.80. The van der Waals surface area contributed by atoms with Crippen molar-refractivity contribution in [2.45, 2.75) is 38.3 Å². The van der Waals surface area contributed by atoms with E-state index in [0.717, 1.165) is 45.5 Å². The van der Waals surface area contributed by atoms with E-state index in [1.165, 1.54) is 16.7 Å². The van der Waals surface area contributed by atoms with Crippen molar-refractivity contribution in [3.05, 3.63) is 57.3 Å². The van der Waals surface area contributed by atoms with Crippen molar-refractivity contribution < 1.29 is 4.74 Å². The molecule has 22 heavy (non-hydrogen) atoms. The summed E-state index contributed by atoms with van der Waals surface area (Å²) < 4.78 is 6.29. The van der Waals surface area contributed by atoms with Crippen LogP contribution in [0.2, 0.25) is 0 Å². The minimum absolute atomic E-state index is 0.00974. The lowest BCUT2D eigenvalue weighted by Crippen LogP contribution is -2.45. The summed E-state index contributed by atoms with van der Waals surface area (Å²) >= 11 is 1.90. The minimum atomic E-state index is 0.00974. The van der Waals surface area contributed by atoms with Crippen molar-refractivity contribution >= 4 is 11.3 Å². The fourth-order valence-corrected chi connectivity index (χ4v) is 4.82. The van der Waals surface area contributed by atoms with Gasteiger partial charge in [0.15, 0.2) is 0 Å². The van der Waals surface area contributed by atoms with E-state index in [1.807, 2.05) is 11.3 Å². The summed E-state index contributed by atoms with van der Waals surface area (Å²) in [5.41, 5.74) is 4.35. The molecule has 2 aliphatic heterocycles. The highest BCUT2D eigenvalue weighted by Gasteiger charge is 2.41. The lowest BCUT2D eigenvalue weighted by atomic mass is 9.82. The van der Waals surface area contributed by atoms with Crippen LogP contribution in [0.15, 0.2) is 35.7 Å². The lowest BCUT2D eigenvalue weighted by Gasteiger charge is -2.44. The maximum Gasteiger partial charge on any atom is 0.0966 e. The monoisotopic (exact) mass is 313 g/mol. The molecule has 116 valence electrons. The van der Waals surface area contributed by atoms with Crippen molar-refractivity contribution in [2.75, 3.05) is 19.7 Å². The van der Waals surface area contributed by atoms with E-state index in [9.17, 15) is 0 Å². The quantitative estimate of drug-likeness (QED) is 0.827. The molecule has 2 nitrogen and oxygen atoms in total.